The molecule has 1 aliphatic carbocycles. The maximum atomic E-state index is 13.3. The van der Waals surface area contributed by atoms with Gasteiger partial charge in [0.25, 0.3) is 11.8 Å². The quantitative estimate of drug-likeness (QED) is 0.616. The largest absolute Gasteiger partial charge is 0.351 e. The van der Waals surface area contributed by atoms with Gasteiger partial charge in [0, 0.05) is 30.0 Å². The third-order valence-corrected chi connectivity index (χ3v) is 5.84. The summed E-state index contributed by atoms with van der Waals surface area (Å²) in [5, 5.41) is 2.57. The predicted molar refractivity (Wildman–Crippen MR) is 113 cm³/mol. The van der Waals surface area contributed by atoms with Crippen LogP contribution in [0.15, 0.2) is 54.3 Å². The van der Waals surface area contributed by atoms with Crippen LogP contribution in [0.3, 0.4) is 0 Å². The fourth-order valence-electron chi connectivity index (χ4n) is 3.90. The molecular weight excluding hydrogens is 366 g/mol. The molecule has 152 valence electrons. The van der Waals surface area contributed by atoms with E-state index >= 15 is 0 Å². The first-order valence-corrected chi connectivity index (χ1v) is 9.94. The number of nitrogens with zero attached hydrogens (tertiary/aromatic N) is 3. The van der Waals surface area contributed by atoms with Crippen molar-refractivity contribution in [1.29, 1.82) is 0 Å². The molecule has 2 aliphatic rings. The lowest BCUT2D eigenvalue weighted by Crippen LogP contribution is -2.55. The number of nitrogens with one attached hydrogen (secondary N) is 1. The number of hydrogen-bond donors (Lipinski definition) is 2. The van der Waals surface area contributed by atoms with Crippen molar-refractivity contribution >= 4 is 22.7 Å². The molecule has 0 unspecified atom stereocenters. The molecule has 1 saturated heterocycles. The van der Waals surface area contributed by atoms with Crippen molar-refractivity contribution in [2.75, 3.05) is 20.1 Å². The third-order valence-electron chi connectivity index (χ3n) is 5.84. The number of H-pyrrole nitrogens is 1. The molecule has 7 nitrogen and oxygen atoms in total. The van der Waals surface area contributed by atoms with Crippen LogP contribution >= 0.6 is 0 Å². The molecule has 0 bridgehead atoms. The number of fused-ring (bicyclic) bond motifs is 1. The van der Waals surface area contributed by atoms with E-state index in [0.717, 1.165) is 23.7 Å². The van der Waals surface area contributed by atoms with Crippen LogP contribution in [0, 0.1) is 0 Å². The molecule has 2 aromatic rings. The Morgan fingerprint density at radius 2 is 2.03 bits per heavy atom. The van der Waals surface area contributed by atoms with Gasteiger partial charge in [-0.1, -0.05) is 30.9 Å². The molecule has 2 heterocycles. The molecule has 4 rings (SSSR count). The zero-order chi connectivity index (χ0) is 20.7. The van der Waals surface area contributed by atoms with Crippen molar-refractivity contribution in [3.8, 4) is 0 Å². The second-order valence-electron chi connectivity index (χ2n) is 7.92. The first-order valence-electron chi connectivity index (χ1n) is 9.94. The van der Waals surface area contributed by atoms with E-state index in [1.165, 1.54) is 0 Å². The van der Waals surface area contributed by atoms with Gasteiger partial charge in [-0.25, -0.2) is 5.84 Å². The van der Waals surface area contributed by atoms with Gasteiger partial charge in [-0.2, -0.15) is 0 Å². The maximum absolute atomic E-state index is 13.3. The Kier molecular flexibility index (Phi) is 4.92. The monoisotopic (exact) mass is 393 g/mol. The van der Waals surface area contributed by atoms with Gasteiger partial charge in [-0.15, -0.1) is 0 Å². The molecular formula is C22H27N5O2. The topological polar surface area (TPSA) is 85.7 Å². The molecule has 2 fully saturated rings. The summed E-state index contributed by atoms with van der Waals surface area (Å²) < 4.78 is 0. The smallest absolute Gasteiger partial charge is 0.270 e. The number of benzene rings is 1. The Balaban J connectivity index is 1.64. The van der Waals surface area contributed by atoms with Crippen LogP contribution in [0.1, 0.15) is 30.3 Å². The van der Waals surface area contributed by atoms with E-state index in [4.69, 9.17) is 5.84 Å². The van der Waals surface area contributed by atoms with E-state index in [1.807, 2.05) is 44.3 Å². The number of hydrogen-bond acceptors (Lipinski definition) is 4. The van der Waals surface area contributed by atoms with Gasteiger partial charge in [-0.3, -0.25) is 9.59 Å². The lowest BCUT2D eigenvalue weighted by atomic mass is 10.1. The minimum Gasteiger partial charge on any atom is -0.351 e. The first-order chi connectivity index (χ1) is 13.9. The molecule has 7 heteroatoms. The molecule has 3 N–H and O–H groups in total. The van der Waals surface area contributed by atoms with E-state index in [0.29, 0.717) is 23.5 Å². The Hall–Kier alpha value is -3.06. The lowest BCUT2D eigenvalue weighted by Gasteiger charge is -2.41. The number of aromatic nitrogens is 1. The van der Waals surface area contributed by atoms with Crippen LogP contribution in [-0.4, -0.2) is 63.8 Å². The molecule has 1 aromatic heterocycles. The van der Waals surface area contributed by atoms with Crippen molar-refractivity contribution in [2.24, 2.45) is 5.84 Å². The number of hydrazine groups is 1. The first kappa shape index (κ1) is 19.3. The number of aromatic amines is 1. The summed E-state index contributed by atoms with van der Waals surface area (Å²) >= 11 is 0. The number of carbonyl (C=O) groups excluding carboxylic acids is 2. The molecule has 0 spiro atoms. The Labute approximate surface area is 170 Å². The molecule has 1 aliphatic heterocycles. The van der Waals surface area contributed by atoms with Gasteiger partial charge in [0.05, 0.1) is 24.4 Å². The highest BCUT2D eigenvalue weighted by atomic mass is 16.2. The molecule has 1 atom stereocenters. The van der Waals surface area contributed by atoms with Gasteiger partial charge in [0.1, 0.15) is 5.69 Å². The standard InChI is InChI=1S/C22H27N5O2/c1-4-17(21(28)25(3)16-9-10-16)20-13-26(14(2)12-27(20)23)22(29)19-11-15-7-5-6-8-18(15)24-19/h4-8,11,14,16,24H,1,9-10,12-13,23H2,2-3H3/b20-17+/t14-/m0/s1. The average molecular weight is 393 g/mol. The van der Waals surface area contributed by atoms with E-state index in [-0.39, 0.29) is 30.4 Å². The molecule has 1 saturated carbocycles. The van der Waals surface area contributed by atoms with Crippen LogP contribution in [0.5, 0.6) is 0 Å². The number of rotatable bonds is 4. The summed E-state index contributed by atoms with van der Waals surface area (Å²) in [6.45, 7) is 6.50. The zero-order valence-corrected chi connectivity index (χ0v) is 16.9. The van der Waals surface area contributed by atoms with E-state index < -0.39 is 0 Å². The Morgan fingerprint density at radius 1 is 1.31 bits per heavy atom. The van der Waals surface area contributed by atoms with Gasteiger partial charge < -0.3 is 19.8 Å². The molecule has 0 radical (unpaired) electrons. The number of piperazine rings is 1. The number of likely N-dealkylation sites (N-methyl/N-ethyl adjacent to an activating group) is 1. The van der Waals surface area contributed by atoms with Crippen molar-refractivity contribution in [3.05, 3.63) is 60.0 Å². The summed E-state index contributed by atoms with van der Waals surface area (Å²) in [5.74, 6) is 6.05. The number of amides is 2. The zero-order valence-electron chi connectivity index (χ0n) is 16.9. The van der Waals surface area contributed by atoms with Crippen LogP contribution in [0.25, 0.3) is 10.9 Å². The number of para-hydroxylation sites is 1. The molecule has 29 heavy (non-hydrogen) atoms. The van der Waals surface area contributed by atoms with Gasteiger partial charge in [-0.05, 0) is 31.9 Å². The Bertz CT molecular complexity index is 971. The maximum Gasteiger partial charge on any atom is 0.270 e. The predicted octanol–water partition coefficient (Wildman–Crippen LogP) is 2.25. The number of nitrogens with two attached hydrogens (primary N) is 1. The SMILES string of the molecule is C=C/C(C(=O)N(C)C1CC1)=C1/CN(C(=O)c2cc3ccccc3[nH]2)[C@@H](C)CN1N. The lowest BCUT2D eigenvalue weighted by molar-refractivity contribution is -0.126. The van der Waals surface area contributed by atoms with E-state index in [2.05, 4.69) is 11.6 Å². The summed E-state index contributed by atoms with van der Waals surface area (Å²) in [5.41, 5.74) is 2.54. The third kappa shape index (κ3) is 3.53. The van der Waals surface area contributed by atoms with Crippen LogP contribution in [0.2, 0.25) is 0 Å². The summed E-state index contributed by atoms with van der Waals surface area (Å²) in [6.07, 6.45) is 3.60. The minimum absolute atomic E-state index is 0.0926. The fraction of sp³-hybridized carbons (Fsp3) is 0.364. The normalized spacial score (nSPS) is 21.3. The van der Waals surface area contributed by atoms with Crippen LogP contribution in [-0.2, 0) is 4.79 Å². The van der Waals surface area contributed by atoms with E-state index in [1.54, 1.807) is 20.9 Å². The highest BCUT2D eigenvalue weighted by Gasteiger charge is 2.35. The van der Waals surface area contributed by atoms with Gasteiger partial charge in [0.2, 0.25) is 0 Å². The molecule has 2 amide bonds. The van der Waals surface area contributed by atoms with Crippen molar-refractivity contribution < 1.29 is 9.59 Å². The van der Waals surface area contributed by atoms with Crippen molar-refractivity contribution in [3.63, 3.8) is 0 Å². The molecule has 1 aromatic carbocycles. The van der Waals surface area contributed by atoms with Crippen molar-refractivity contribution in [2.45, 2.75) is 31.8 Å². The minimum atomic E-state index is -0.106. The fourth-order valence-corrected chi connectivity index (χ4v) is 3.90. The summed E-state index contributed by atoms with van der Waals surface area (Å²) in [4.78, 5) is 32.9. The van der Waals surface area contributed by atoms with Gasteiger partial charge >= 0.3 is 0 Å². The van der Waals surface area contributed by atoms with Crippen LogP contribution < -0.4 is 5.84 Å². The number of carbonyl (C=O) groups is 2. The van der Waals surface area contributed by atoms with Gasteiger partial charge in [0.15, 0.2) is 0 Å². The highest BCUT2D eigenvalue weighted by Crippen LogP contribution is 2.29. The summed E-state index contributed by atoms with van der Waals surface area (Å²) in [6, 6.07) is 9.85. The second-order valence-corrected chi connectivity index (χ2v) is 7.92. The summed E-state index contributed by atoms with van der Waals surface area (Å²) in [7, 11) is 1.81. The average Bonchev–Trinajstić information content (AvgIpc) is 3.47. The van der Waals surface area contributed by atoms with Crippen molar-refractivity contribution in [1.82, 2.24) is 19.8 Å². The van der Waals surface area contributed by atoms with E-state index in [9.17, 15) is 9.59 Å². The second kappa shape index (κ2) is 7.40. The Morgan fingerprint density at radius 3 is 2.69 bits per heavy atom. The highest BCUT2D eigenvalue weighted by molar-refractivity contribution is 5.99. The van der Waals surface area contributed by atoms with Crippen LogP contribution in [0.4, 0.5) is 0 Å².